The third kappa shape index (κ3) is 3.17. The molecule has 1 aromatic heterocycles. The summed E-state index contributed by atoms with van der Waals surface area (Å²) in [7, 11) is -3.82. The number of hydrogen-bond donors (Lipinski definition) is 2. The lowest BCUT2D eigenvalue weighted by Crippen LogP contribution is -2.24. The lowest BCUT2D eigenvalue weighted by atomic mass is 10.3. The van der Waals surface area contributed by atoms with Gasteiger partial charge in [-0.05, 0) is 30.7 Å². The molecule has 0 saturated heterocycles. The van der Waals surface area contributed by atoms with Gasteiger partial charge in [0, 0.05) is 16.3 Å². The van der Waals surface area contributed by atoms with Crippen LogP contribution in [-0.4, -0.2) is 8.42 Å². The molecular weight excluding hydrogens is 299 g/mol. The molecule has 108 valence electrons. The summed E-state index contributed by atoms with van der Waals surface area (Å²) in [5, 5.41) is 0. The Morgan fingerprint density at radius 1 is 1.25 bits per heavy atom. The number of sulfonamides is 1. The lowest BCUT2D eigenvalue weighted by Gasteiger charge is -2.08. The number of nitrogen functional groups attached to an aromatic ring is 1. The van der Waals surface area contributed by atoms with Gasteiger partial charge in [-0.3, -0.25) is 0 Å². The number of nitrogens with two attached hydrogens (primary N) is 1. The van der Waals surface area contributed by atoms with E-state index in [0.29, 0.717) is 0 Å². The van der Waals surface area contributed by atoms with E-state index in [1.807, 2.05) is 19.1 Å². The molecule has 7 heteroatoms. The Balaban J connectivity index is 2.17. The third-order valence-corrected chi connectivity index (χ3v) is 5.49. The highest BCUT2D eigenvalue weighted by molar-refractivity contribution is 7.89. The van der Waals surface area contributed by atoms with E-state index < -0.39 is 15.8 Å². The molecule has 0 aliphatic heterocycles. The van der Waals surface area contributed by atoms with E-state index in [1.165, 1.54) is 17.0 Å². The number of hydrogen-bond acceptors (Lipinski definition) is 4. The van der Waals surface area contributed by atoms with Crippen molar-refractivity contribution in [2.24, 2.45) is 0 Å². The predicted molar refractivity (Wildman–Crippen MR) is 78.5 cm³/mol. The van der Waals surface area contributed by atoms with Crippen molar-refractivity contribution in [3.05, 3.63) is 45.9 Å². The summed E-state index contributed by atoms with van der Waals surface area (Å²) in [6.45, 7) is 2.20. The van der Waals surface area contributed by atoms with Gasteiger partial charge >= 0.3 is 0 Å². The summed E-state index contributed by atoms with van der Waals surface area (Å²) in [5.41, 5.74) is 5.11. The molecule has 1 aromatic carbocycles. The Kier molecular flexibility index (Phi) is 4.42. The summed E-state index contributed by atoms with van der Waals surface area (Å²) in [5.74, 6) is -0.739. The Bertz CT molecular complexity index is 711. The topological polar surface area (TPSA) is 72.2 Å². The van der Waals surface area contributed by atoms with Crippen LogP contribution in [-0.2, 0) is 23.0 Å². The Morgan fingerprint density at radius 2 is 1.95 bits per heavy atom. The number of nitrogens with one attached hydrogen (secondary N) is 1. The van der Waals surface area contributed by atoms with E-state index in [1.54, 1.807) is 11.3 Å². The second-order valence-corrected chi connectivity index (χ2v) is 7.19. The van der Waals surface area contributed by atoms with Crippen LogP contribution in [0.4, 0.5) is 10.1 Å². The average Bonchev–Trinajstić information content (AvgIpc) is 2.87. The maximum Gasteiger partial charge on any atom is 0.243 e. The first-order valence-corrected chi connectivity index (χ1v) is 8.35. The highest BCUT2D eigenvalue weighted by Gasteiger charge is 2.19. The highest BCUT2D eigenvalue weighted by atomic mass is 32.2. The minimum absolute atomic E-state index is 0.170. The van der Waals surface area contributed by atoms with E-state index in [2.05, 4.69) is 4.72 Å². The van der Waals surface area contributed by atoms with E-state index in [-0.39, 0.29) is 17.1 Å². The van der Waals surface area contributed by atoms with Crippen molar-refractivity contribution < 1.29 is 12.8 Å². The van der Waals surface area contributed by atoms with Gasteiger partial charge in [-0.2, -0.15) is 0 Å². The molecule has 0 unspecified atom stereocenters. The number of aryl methyl sites for hydroxylation is 1. The van der Waals surface area contributed by atoms with Gasteiger partial charge < -0.3 is 5.73 Å². The molecule has 0 saturated carbocycles. The van der Waals surface area contributed by atoms with Crippen molar-refractivity contribution in [3.63, 3.8) is 0 Å². The van der Waals surface area contributed by atoms with E-state index in [4.69, 9.17) is 5.73 Å². The Morgan fingerprint density at radius 3 is 2.60 bits per heavy atom. The van der Waals surface area contributed by atoms with Crippen LogP contribution in [0.5, 0.6) is 0 Å². The van der Waals surface area contributed by atoms with Crippen LogP contribution in [0.15, 0.2) is 35.2 Å². The molecule has 20 heavy (non-hydrogen) atoms. The van der Waals surface area contributed by atoms with Gasteiger partial charge in [0.25, 0.3) is 0 Å². The van der Waals surface area contributed by atoms with Crippen LogP contribution in [0.2, 0.25) is 0 Å². The molecule has 2 aromatic rings. The van der Waals surface area contributed by atoms with E-state index in [0.717, 1.165) is 17.4 Å². The van der Waals surface area contributed by atoms with Gasteiger partial charge in [0.2, 0.25) is 10.0 Å². The number of benzene rings is 1. The van der Waals surface area contributed by atoms with Crippen molar-refractivity contribution >= 4 is 27.0 Å². The molecule has 0 spiro atoms. The normalized spacial score (nSPS) is 11.7. The number of rotatable bonds is 5. The number of anilines is 1. The lowest BCUT2D eigenvalue weighted by molar-refractivity contribution is 0.579. The first kappa shape index (κ1) is 15.0. The average molecular weight is 314 g/mol. The molecule has 2 rings (SSSR count). The third-order valence-electron chi connectivity index (χ3n) is 2.80. The minimum atomic E-state index is -3.82. The van der Waals surface area contributed by atoms with Crippen molar-refractivity contribution in [2.45, 2.75) is 24.8 Å². The van der Waals surface area contributed by atoms with Crippen LogP contribution in [0.1, 0.15) is 16.7 Å². The van der Waals surface area contributed by atoms with Crippen LogP contribution >= 0.6 is 11.3 Å². The van der Waals surface area contributed by atoms with Crippen molar-refractivity contribution in [3.8, 4) is 0 Å². The summed E-state index contributed by atoms with van der Waals surface area (Å²) < 4.78 is 39.9. The molecule has 0 aliphatic carbocycles. The SMILES string of the molecule is CCc1ccc(CNS(=O)(=O)c2cccc(F)c2N)s1. The van der Waals surface area contributed by atoms with Crippen molar-refractivity contribution in [1.29, 1.82) is 0 Å². The molecule has 0 aliphatic rings. The van der Waals surface area contributed by atoms with Gasteiger partial charge in [-0.1, -0.05) is 13.0 Å². The molecule has 0 bridgehead atoms. The van der Waals surface area contributed by atoms with Crippen LogP contribution in [0, 0.1) is 5.82 Å². The zero-order valence-electron chi connectivity index (χ0n) is 10.9. The fraction of sp³-hybridized carbons (Fsp3) is 0.231. The summed E-state index contributed by atoms with van der Waals surface area (Å²) in [6.07, 6.45) is 0.911. The van der Waals surface area contributed by atoms with Crippen molar-refractivity contribution in [2.75, 3.05) is 5.73 Å². The second kappa shape index (κ2) is 5.90. The number of halogens is 1. The smallest absolute Gasteiger partial charge is 0.243 e. The minimum Gasteiger partial charge on any atom is -0.395 e. The molecule has 1 heterocycles. The van der Waals surface area contributed by atoms with Gasteiger partial charge in [0.05, 0.1) is 5.69 Å². The maximum absolute atomic E-state index is 13.3. The largest absolute Gasteiger partial charge is 0.395 e. The van der Waals surface area contributed by atoms with E-state index in [9.17, 15) is 12.8 Å². The van der Waals surface area contributed by atoms with Gasteiger partial charge in [0.15, 0.2) is 0 Å². The van der Waals surface area contributed by atoms with Crippen LogP contribution < -0.4 is 10.5 Å². The van der Waals surface area contributed by atoms with Crippen LogP contribution in [0.3, 0.4) is 0 Å². The quantitative estimate of drug-likeness (QED) is 0.833. The summed E-state index contributed by atoms with van der Waals surface area (Å²) >= 11 is 1.54. The van der Waals surface area contributed by atoms with Crippen molar-refractivity contribution in [1.82, 2.24) is 4.72 Å². The van der Waals surface area contributed by atoms with E-state index >= 15 is 0 Å². The standard InChI is InChI=1S/C13H15FN2O2S2/c1-2-9-6-7-10(19-9)8-16-20(17,18)12-5-3-4-11(14)13(12)15/h3-7,16H,2,8,15H2,1H3. The van der Waals surface area contributed by atoms with Gasteiger partial charge in [0.1, 0.15) is 10.7 Å². The Hall–Kier alpha value is -1.44. The zero-order chi connectivity index (χ0) is 14.8. The molecule has 0 radical (unpaired) electrons. The first-order valence-electron chi connectivity index (χ1n) is 6.05. The summed E-state index contributed by atoms with van der Waals surface area (Å²) in [4.78, 5) is 1.86. The van der Waals surface area contributed by atoms with Gasteiger partial charge in [-0.15, -0.1) is 11.3 Å². The first-order chi connectivity index (χ1) is 9.44. The second-order valence-electron chi connectivity index (χ2n) is 4.20. The predicted octanol–water partition coefficient (Wildman–Crippen LogP) is 2.51. The number of para-hydroxylation sites is 1. The molecule has 0 amide bonds. The molecule has 3 N–H and O–H groups in total. The Labute approximate surface area is 121 Å². The summed E-state index contributed by atoms with van der Waals surface area (Å²) in [6, 6.07) is 7.57. The molecule has 4 nitrogen and oxygen atoms in total. The molecule has 0 fully saturated rings. The van der Waals surface area contributed by atoms with Crippen LogP contribution in [0.25, 0.3) is 0 Å². The fourth-order valence-corrected chi connectivity index (χ4v) is 3.84. The zero-order valence-corrected chi connectivity index (χ0v) is 12.5. The monoisotopic (exact) mass is 314 g/mol. The maximum atomic E-state index is 13.3. The number of thiophene rings is 1. The van der Waals surface area contributed by atoms with Gasteiger partial charge in [-0.25, -0.2) is 17.5 Å². The molecule has 0 atom stereocenters. The fourth-order valence-electron chi connectivity index (χ4n) is 1.70. The molecular formula is C13H15FN2O2S2. The highest BCUT2D eigenvalue weighted by Crippen LogP contribution is 2.22.